The van der Waals surface area contributed by atoms with Crippen LogP contribution in [0.1, 0.15) is 88.2 Å². The predicted octanol–water partition coefficient (Wildman–Crippen LogP) is 6.40. The maximum Gasteiger partial charge on any atom is 0.120 e. The van der Waals surface area contributed by atoms with E-state index in [2.05, 4.69) is 18.2 Å². The maximum atomic E-state index is 6.41. The van der Waals surface area contributed by atoms with Gasteiger partial charge in [-0.15, -0.1) is 0 Å². The number of rotatable bonds is 5. The van der Waals surface area contributed by atoms with Crippen molar-refractivity contribution in [1.29, 1.82) is 0 Å². The van der Waals surface area contributed by atoms with Crippen molar-refractivity contribution in [3.63, 3.8) is 0 Å². The first kappa shape index (κ1) is 18.4. The molecule has 9 fully saturated rings. The first-order chi connectivity index (χ1) is 15.1. The Morgan fingerprint density at radius 3 is 1.39 bits per heavy atom. The number of ether oxygens (including phenoxy) is 2. The van der Waals surface area contributed by atoms with Crippen LogP contribution < -0.4 is 4.74 Å². The van der Waals surface area contributed by atoms with Gasteiger partial charge in [-0.05, 0) is 147 Å². The molecule has 1 aromatic carbocycles. The van der Waals surface area contributed by atoms with Crippen LogP contribution in [0.4, 0.5) is 0 Å². The van der Waals surface area contributed by atoms with E-state index in [4.69, 9.17) is 9.47 Å². The summed E-state index contributed by atoms with van der Waals surface area (Å²) in [5, 5.41) is 0. The van der Waals surface area contributed by atoms with Gasteiger partial charge in [0.25, 0.3) is 0 Å². The standard InChI is InChI=1S/C29H38O2/c1-18-2-20-3-19(1)11-28(10-18,12-20)24-7-25(9-26(8-24)30-16-27-17-31-27)29-13-21-4-22(14-29)6-23(5-21)15-29/h7-9,18-23,27H,1-6,10-17H2. The van der Waals surface area contributed by atoms with Gasteiger partial charge in [-0.25, -0.2) is 0 Å². The van der Waals surface area contributed by atoms with E-state index in [1.54, 1.807) is 11.1 Å². The van der Waals surface area contributed by atoms with Gasteiger partial charge in [0.15, 0.2) is 0 Å². The Hall–Kier alpha value is -1.02. The summed E-state index contributed by atoms with van der Waals surface area (Å²) < 4.78 is 11.9. The molecule has 166 valence electrons. The van der Waals surface area contributed by atoms with Crippen molar-refractivity contribution >= 4 is 0 Å². The fraction of sp³-hybridized carbons (Fsp3) is 0.793. The van der Waals surface area contributed by atoms with Gasteiger partial charge in [0.2, 0.25) is 0 Å². The smallest absolute Gasteiger partial charge is 0.120 e. The minimum Gasteiger partial charge on any atom is -0.491 e. The summed E-state index contributed by atoms with van der Waals surface area (Å²) >= 11 is 0. The molecular weight excluding hydrogens is 380 g/mol. The van der Waals surface area contributed by atoms with Gasteiger partial charge in [-0.3, -0.25) is 0 Å². The van der Waals surface area contributed by atoms with Crippen LogP contribution in [0.15, 0.2) is 18.2 Å². The summed E-state index contributed by atoms with van der Waals surface area (Å²) in [4.78, 5) is 0. The van der Waals surface area contributed by atoms with Crippen LogP contribution in [0.2, 0.25) is 0 Å². The van der Waals surface area contributed by atoms with Crippen LogP contribution in [-0.2, 0) is 15.6 Å². The first-order valence-corrected chi connectivity index (χ1v) is 13.5. The Bertz CT molecular complexity index is 763. The van der Waals surface area contributed by atoms with Gasteiger partial charge in [0.05, 0.1) is 6.61 Å². The molecule has 2 nitrogen and oxygen atoms in total. The van der Waals surface area contributed by atoms with E-state index in [1.165, 1.54) is 77.0 Å². The highest BCUT2D eigenvalue weighted by atomic mass is 16.6. The lowest BCUT2D eigenvalue weighted by Gasteiger charge is -2.58. The van der Waals surface area contributed by atoms with Crippen molar-refractivity contribution < 1.29 is 9.47 Å². The summed E-state index contributed by atoms with van der Waals surface area (Å²) in [6, 6.07) is 7.71. The second-order valence-electron chi connectivity index (χ2n) is 13.4. The van der Waals surface area contributed by atoms with Crippen LogP contribution in [-0.4, -0.2) is 19.3 Å². The maximum absolute atomic E-state index is 6.41. The van der Waals surface area contributed by atoms with E-state index in [1.807, 2.05) is 0 Å². The zero-order valence-electron chi connectivity index (χ0n) is 19.0. The first-order valence-electron chi connectivity index (χ1n) is 13.5. The van der Waals surface area contributed by atoms with Crippen molar-refractivity contribution in [3.05, 3.63) is 29.3 Å². The number of hydrogen-bond donors (Lipinski definition) is 0. The molecule has 0 N–H and O–H groups in total. The Kier molecular flexibility index (Phi) is 3.75. The Morgan fingerprint density at radius 1 is 0.645 bits per heavy atom. The van der Waals surface area contributed by atoms with E-state index in [0.29, 0.717) is 16.9 Å². The summed E-state index contributed by atoms with van der Waals surface area (Å²) in [6.07, 6.45) is 18.2. The molecule has 8 aliphatic carbocycles. The number of benzene rings is 1. The average Bonchev–Trinajstić information content (AvgIpc) is 3.55. The van der Waals surface area contributed by atoms with Crippen molar-refractivity contribution in [2.45, 2.75) is 94.0 Å². The third-order valence-corrected chi connectivity index (χ3v) is 11.0. The molecule has 1 aromatic rings. The summed E-state index contributed by atoms with van der Waals surface area (Å²) in [5.41, 5.74) is 4.26. The topological polar surface area (TPSA) is 21.8 Å². The molecule has 10 rings (SSSR count). The number of epoxide rings is 1. The largest absolute Gasteiger partial charge is 0.491 e. The van der Waals surface area contributed by atoms with Crippen LogP contribution in [0.5, 0.6) is 5.75 Å². The molecule has 0 aromatic heterocycles. The van der Waals surface area contributed by atoms with E-state index < -0.39 is 0 Å². The van der Waals surface area contributed by atoms with Crippen molar-refractivity contribution in [2.75, 3.05) is 13.2 Å². The molecule has 8 bridgehead atoms. The second kappa shape index (κ2) is 6.31. The highest BCUT2D eigenvalue weighted by Crippen LogP contribution is 2.63. The zero-order valence-corrected chi connectivity index (χ0v) is 19.0. The summed E-state index contributed by atoms with van der Waals surface area (Å²) in [7, 11) is 0. The summed E-state index contributed by atoms with van der Waals surface area (Å²) in [6.45, 7) is 1.63. The van der Waals surface area contributed by atoms with Crippen molar-refractivity contribution in [1.82, 2.24) is 0 Å². The molecule has 1 heterocycles. The Labute approximate surface area is 187 Å². The zero-order chi connectivity index (χ0) is 20.2. The fourth-order valence-electron chi connectivity index (χ4n) is 10.6. The molecule has 0 radical (unpaired) electrons. The molecular formula is C29H38O2. The third kappa shape index (κ3) is 2.92. The normalized spacial score (nSPS) is 50.8. The quantitative estimate of drug-likeness (QED) is 0.516. The Morgan fingerprint density at radius 2 is 1.03 bits per heavy atom. The van der Waals surface area contributed by atoms with Gasteiger partial charge in [0, 0.05) is 0 Å². The monoisotopic (exact) mass is 418 g/mol. The number of hydrogen-bond acceptors (Lipinski definition) is 2. The molecule has 1 atom stereocenters. The molecule has 31 heavy (non-hydrogen) atoms. The lowest BCUT2D eigenvalue weighted by atomic mass is 9.46. The average molecular weight is 419 g/mol. The Balaban J connectivity index is 1.21. The lowest BCUT2D eigenvalue weighted by Crippen LogP contribution is -2.50. The van der Waals surface area contributed by atoms with Crippen LogP contribution in [0, 0.1) is 35.5 Å². The minimum absolute atomic E-state index is 0.339. The fourth-order valence-corrected chi connectivity index (χ4v) is 10.6. The van der Waals surface area contributed by atoms with Crippen molar-refractivity contribution in [3.8, 4) is 5.75 Å². The molecule has 1 aliphatic heterocycles. The molecule has 0 amide bonds. The molecule has 9 aliphatic rings. The van der Waals surface area contributed by atoms with Gasteiger partial charge >= 0.3 is 0 Å². The third-order valence-electron chi connectivity index (χ3n) is 11.0. The highest BCUT2D eigenvalue weighted by molar-refractivity contribution is 5.44. The molecule has 2 heteroatoms. The predicted molar refractivity (Wildman–Crippen MR) is 121 cm³/mol. The van der Waals surface area contributed by atoms with Crippen LogP contribution in [0.3, 0.4) is 0 Å². The second-order valence-corrected chi connectivity index (χ2v) is 13.4. The van der Waals surface area contributed by atoms with Gasteiger partial charge in [0.1, 0.15) is 18.5 Å². The van der Waals surface area contributed by atoms with Crippen LogP contribution >= 0.6 is 0 Å². The SMILES string of the molecule is c1c(OCC2CO2)cc(C23CC4CC(CC(C4)C2)C3)cc1C12CC3CC(CC(C3)C1)C2. The van der Waals surface area contributed by atoms with Gasteiger partial charge < -0.3 is 9.47 Å². The van der Waals surface area contributed by atoms with E-state index >= 15 is 0 Å². The van der Waals surface area contributed by atoms with E-state index in [0.717, 1.165) is 54.5 Å². The van der Waals surface area contributed by atoms with E-state index in [9.17, 15) is 0 Å². The van der Waals surface area contributed by atoms with Crippen LogP contribution in [0.25, 0.3) is 0 Å². The lowest BCUT2D eigenvalue weighted by molar-refractivity contribution is -0.00856. The van der Waals surface area contributed by atoms with Gasteiger partial charge in [-0.1, -0.05) is 6.07 Å². The molecule has 0 spiro atoms. The molecule has 1 unspecified atom stereocenters. The van der Waals surface area contributed by atoms with E-state index in [-0.39, 0.29) is 0 Å². The highest BCUT2D eigenvalue weighted by Gasteiger charge is 2.54. The summed E-state index contributed by atoms with van der Waals surface area (Å²) in [5.74, 6) is 7.15. The molecule has 8 saturated carbocycles. The van der Waals surface area contributed by atoms with Gasteiger partial charge in [-0.2, -0.15) is 0 Å². The minimum atomic E-state index is 0.339. The molecule has 1 saturated heterocycles. The van der Waals surface area contributed by atoms with Crippen molar-refractivity contribution in [2.24, 2.45) is 35.5 Å².